The molecule has 2 aliphatic carbocycles. The summed E-state index contributed by atoms with van der Waals surface area (Å²) in [5, 5.41) is 0. The maximum Gasteiger partial charge on any atom is 0.0223 e. The van der Waals surface area contributed by atoms with Gasteiger partial charge in [0.15, 0.2) is 0 Å². The van der Waals surface area contributed by atoms with E-state index in [0.29, 0.717) is 0 Å². The van der Waals surface area contributed by atoms with E-state index < -0.39 is 0 Å². The van der Waals surface area contributed by atoms with Gasteiger partial charge in [-0.2, -0.15) is 0 Å². The van der Waals surface area contributed by atoms with Gasteiger partial charge in [-0.15, -0.1) is 11.6 Å². The van der Waals surface area contributed by atoms with Gasteiger partial charge >= 0.3 is 0 Å². The van der Waals surface area contributed by atoms with Crippen LogP contribution in [0.4, 0.5) is 0 Å². The first-order valence-corrected chi connectivity index (χ1v) is 13.5. The summed E-state index contributed by atoms with van der Waals surface area (Å²) in [4.78, 5) is 0. The lowest BCUT2D eigenvalue weighted by molar-refractivity contribution is 0.412. The van der Waals surface area contributed by atoms with Crippen molar-refractivity contribution in [2.24, 2.45) is 17.8 Å². The van der Waals surface area contributed by atoms with Crippen molar-refractivity contribution in [1.82, 2.24) is 0 Å². The SMILES string of the molecule is ClCCCCCCCCC1CCC(CCCCCCCCC2CCCC2)C1. The van der Waals surface area contributed by atoms with Crippen molar-refractivity contribution >= 4 is 11.6 Å². The number of halogens is 1. The van der Waals surface area contributed by atoms with E-state index in [-0.39, 0.29) is 0 Å². The highest BCUT2D eigenvalue weighted by molar-refractivity contribution is 6.17. The summed E-state index contributed by atoms with van der Waals surface area (Å²) in [6.07, 6.45) is 32.8. The van der Waals surface area contributed by atoms with Crippen molar-refractivity contribution in [3.63, 3.8) is 0 Å². The van der Waals surface area contributed by atoms with Crippen LogP contribution in [0.1, 0.15) is 141 Å². The molecule has 1 heteroatoms. The van der Waals surface area contributed by atoms with E-state index in [0.717, 1.165) is 23.6 Å². The molecule has 0 nitrogen and oxygen atoms in total. The third-order valence-corrected chi connectivity index (χ3v) is 7.86. The molecule has 0 N–H and O–H groups in total. The normalized spacial score (nSPS) is 23.4. The minimum Gasteiger partial charge on any atom is -0.127 e. The lowest BCUT2D eigenvalue weighted by atomic mass is 9.94. The van der Waals surface area contributed by atoms with E-state index in [2.05, 4.69) is 0 Å². The molecule has 0 heterocycles. The Hall–Kier alpha value is 0.290. The van der Waals surface area contributed by atoms with E-state index in [9.17, 15) is 0 Å². The van der Waals surface area contributed by atoms with Crippen LogP contribution >= 0.6 is 11.6 Å². The van der Waals surface area contributed by atoms with Crippen LogP contribution in [0, 0.1) is 17.8 Å². The monoisotopic (exact) mass is 396 g/mol. The van der Waals surface area contributed by atoms with Gasteiger partial charge in [0.05, 0.1) is 0 Å². The highest BCUT2D eigenvalue weighted by Crippen LogP contribution is 2.37. The molecule has 0 aromatic carbocycles. The number of hydrogen-bond donors (Lipinski definition) is 0. The maximum atomic E-state index is 5.74. The quantitative estimate of drug-likeness (QED) is 0.169. The second-order valence-corrected chi connectivity index (χ2v) is 10.4. The summed E-state index contributed by atoms with van der Waals surface area (Å²) in [5.74, 6) is 4.12. The van der Waals surface area contributed by atoms with Crippen molar-refractivity contribution in [3.05, 3.63) is 0 Å². The number of rotatable bonds is 17. The third-order valence-electron chi connectivity index (χ3n) is 7.60. The average molecular weight is 397 g/mol. The Bertz CT molecular complexity index is 320. The zero-order valence-electron chi connectivity index (χ0n) is 18.4. The summed E-state index contributed by atoms with van der Waals surface area (Å²) in [6, 6.07) is 0. The van der Waals surface area contributed by atoms with Crippen molar-refractivity contribution in [1.29, 1.82) is 0 Å². The lowest BCUT2D eigenvalue weighted by Gasteiger charge is -2.11. The van der Waals surface area contributed by atoms with Gasteiger partial charge in [-0.1, -0.05) is 128 Å². The zero-order valence-corrected chi connectivity index (χ0v) is 19.1. The summed E-state index contributed by atoms with van der Waals surface area (Å²) in [7, 11) is 0. The van der Waals surface area contributed by atoms with Crippen LogP contribution < -0.4 is 0 Å². The lowest BCUT2D eigenvalue weighted by Crippen LogP contribution is -1.97. The van der Waals surface area contributed by atoms with Gasteiger partial charge in [-0.25, -0.2) is 0 Å². The van der Waals surface area contributed by atoms with Crippen LogP contribution in [-0.2, 0) is 0 Å². The molecule has 160 valence electrons. The standard InChI is InChI=1S/C26H49Cl/c27-22-14-8-4-3-7-11-19-26-21-20-25(23-26)18-10-6-2-1-5-9-15-24-16-12-13-17-24/h24-26H,1-23H2. The summed E-state index contributed by atoms with van der Waals surface area (Å²) in [6.45, 7) is 0. The van der Waals surface area contributed by atoms with Gasteiger partial charge in [-0.3, -0.25) is 0 Å². The fraction of sp³-hybridized carbons (Fsp3) is 1.00. The molecule has 2 rings (SSSR count). The number of hydrogen-bond acceptors (Lipinski definition) is 0. The Morgan fingerprint density at radius 1 is 0.444 bits per heavy atom. The minimum absolute atomic E-state index is 0.851. The highest BCUT2D eigenvalue weighted by Gasteiger charge is 2.23. The van der Waals surface area contributed by atoms with Crippen molar-refractivity contribution in [2.45, 2.75) is 141 Å². The molecule has 0 bridgehead atoms. The second kappa shape index (κ2) is 16.1. The van der Waals surface area contributed by atoms with E-state index in [1.165, 1.54) is 128 Å². The molecule has 27 heavy (non-hydrogen) atoms. The van der Waals surface area contributed by atoms with Crippen LogP contribution in [0.2, 0.25) is 0 Å². The molecule has 2 saturated carbocycles. The Labute approximate surface area is 176 Å². The average Bonchev–Trinajstić information content (AvgIpc) is 3.35. The first kappa shape index (κ1) is 23.6. The van der Waals surface area contributed by atoms with Gasteiger partial charge in [0.2, 0.25) is 0 Å². The molecule has 0 saturated heterocycles. The molecule has 2 aliphatic rings. The van der Waals surface area contributed by atoms with Crippen LogP contribution in [0.15, 0.2) is 0 Å². The van der Waals surface area contributed by atoms with Gasteiger partial charge in [0.1, 0.15) is 0 Å². The smallest absolute Gasteiger partial charge is 0.0223 e. The highest BCUT2D eigenvalue weighted by atomic mass is 35.5. The molecule has 0 radical (unpaired) electrons. The minimum atomic E-state index is 0.851. The van der Waals surface area contributed by atoms with Gasteiger partial charge in [0.25, 0.3) is 0 Å². The third kappa shape index (κ3) is 11.8. The Kier molecular flexibility index (Phi) is 14.1. The fourth-order valence-corrected chi connectivity index (χ4v) is 6.00. The van der Waals surface area contributed by atoms with Gasteiger partial charge < -0.3 is 0 Å². The molecular weight excluding hydrogens is 348 g/mol. The summed E-state index contributed by atoms with van der Waals surface area (Å²) in [5.41, 5.74) is 0. The van der Waals surface area contributed by atoms with Crippen molar-refractivity contribution in [3.8, 4) is 0 Å². The maximum absolute atomic E-state index is 5.74. The van der Waals surface area contributed by atoms with Crippen molar-refractivity contribution < 1.29 is 0 Å². The van der Waals surface area contributed by atoms with Gasteiger partial charge in [-0.05, 0) is 30.6 Å². The zero-order chi connectivity index (χ0) is 19.0. The van der Waals surface area contributed by atoms with E-state index in [4.69, 9.17) is 11.6 Å². The molecule has 2 atom stereocenters. The number of alkyl halides is 1. The Balaban J connectivity index is 1.31. The largest absolute Gasteiger partial charge is 0.127 e. The van der Waals surface area contributed by atoms with Crippen LogP contribution in [-0.4, -0.2) is 5.88 Å². The summed E-state index contributed by atoms with van der Waals surface area (Å²) >= 11 is 5.74. The molecule has 2 unspecified atom stereocenters. The van der Waals surface area contributed by atoms with Gasteiger partial charge in [0, 0.05) is 5.88 Å². The first-order chi connectivity index (χ1) is 13.4. The molecular formula is C26H49Cl. The fourth-order valence-electron chi connectivity index (χ4n) is 5.81. The molecule has 0 aromatic rings. The molecule has 0 spiro atoms. The summed E-state index contributed by atoms with van der Waals surface area (Å²) < 4.78 is 0. The van der Waals surface area contributed by atoms with Crippen LogP contribution in [0.3, 0.4) is 0 Å². The second-order valence-electron chi connectivity index (χ2n) is 9.99. The topological polar surface area (TPSA) is 0 Å². The molecule has 0 aliphatic heterocycles. The first-order valence-electron chi connectivity index (χ1n) is 12.9. The van der Waals surface area contributed by atoms with E-state index in [1.807, 2.05) is 0 Å². The van der Waals surface area contributed by atoms with E-state index in [1.54, 1.807) is 12.8 Å². The van der Waals surface area contributed by atoms with Crippen LogP contribution in [0.25, 0.3) is 0 Å². The Morgan fingerprint density at radius 3 is 1.33 bits per heavy atom. The molecule has 2 fully saturated rings. The molecule has 0 amide bonds. The number of unbranched alkanes of at least 4 members (excludes halogenated alkanes) is 10. The predicted molar refractivity (Wildman–Crippen MR) is 123 cm³/mol. The molecule has 0 aromatic heterocycles. The Morgan fingerprint density at radius 2 is 0.852 bits per heavy atom. The predicted octanol–water partition coefficient (Wildman–Crippen LogP) is 9.68. The van der Waals surface area contributed by atoms with Crippen LogP contribution in [0.5, 0.6) is 0 Å². The van der Waals surface area contributed by atoms with E-state index >= 15 is 0 Å². The van der Waals surface area contributed by atoms with Crippen molar-refractivity contribution in [2.75, 3.05) is 5.88 Å².